The molecule has 7 aromatic carbocycles. The van der Waals surface area contributed by atoms with Gasteiger partial charge in [0.25, 0.3) is 0 Å². The molecule has 270 valence electrons. The summed E-state index contributed by atoms with van der Waals surface area (Å²) in [5.41, 5.74) is 1.13. The Hall–Kier alpha value is -2.94. The van der Waals surface area contributed by atoms with Crippen LogP contribution in [0.1, 0.15) is 5.56 Å². The zero-order valence-corrected chi connectivity index (χ0v) is 36.4. The van der Waals surface area contributed by atoms with E-state index in [0.717, 1.165) is 41.8 Å². The van der Waals surface area contributed by atoms with Crippen molar-refractivity contribution in [3.63, 3.8) is 0 Å². The molecule has 0 heterocycles. The van der Waals surface area contributed by atoms with Crippen molar-refractivity contribution in [2.45, 2.75) is 11.3 Å². The van der Waals surface area contributed by atoms with Crippen LogP contribution < -0.4 is 66.6 Å². The van der Waals surface area contributed by atoms with Crippen molar-refractivity contribution in [1.82, 2.24) is 0 Å². The van der Waals surface area contributed by atoms with E-state index in [0.29, 0.717) is 0 Å². The van der Waals surface area contributed by atoms with Gasteiger partial charge in [0.15, 0.2) is 0 Å². The molecule has 55 heavy (non-hydrogen) atoms. The predicted molar refractivity (Wildman–Crippen MR) is 232 cm³/mol. The van der Waals surface area contributed by atoms with Crippen LogP contribution in [0.2, 0.25) is 0 Å². The fraction of sp³-hybridized carbons (Fsp3) is 0.106. The first-order valence-electron chi connectivity index (χ1n) is 18.0. The Morgan fingerprint density at radius 1 is 0.400 bits per heavy atom. The minimum atomic E-state index is -0.741. The molecule has 3 nitrogen and oxygen atoms in total. The van der Waals surface area contributed by atoms with Crippen LogP contribution >= 0.6 is 35.8 Å². The number of hydrogen-bond acceptors (Lipinski definition) is 4. The molecule has 0 unspecified atom stereocenters. The summed E-state index contributed by atoms with van der Waals surface area (Å²) in [7, 11) is -2.22. The molecule has 0 fully saturated rings. The molecular weight excluding hydrogens is 760 g/mol. The molecule has 0 saturated heterocycles. The normalized spacial score (nSPS) is 11.5. The van der Waals surface area contributed by atoms with E-state index >= 15 is 0 Å². The van der Waals surface area contributed by atoms with Crippen LogP contribution in [0, 0.1) is 5.41 Å². The van der Waals surface area contributed by atoms with Crippen LogP contribution in [-0.4, -0.2) is 18.5 Å². The Morgan fingerprint density at radius 3 is 0.927 bits per heavy atom. The molecule has 0 saturated carbocycles. The minimum Gasteiger partial charge on any atom is -0.691 e. The van der Waals surface area contributed by atoms with E-state index < -0.39 is 23.8 Å². The van der Waals surface area contributed by atoms with Gasteiger partial charge < -0.3 is 5.26 Å². The van der Waals surface area contributed by atoms with E-state index in [4.69, 9.17) is 0 Å². The van der Waals surface area contributed by atoms with Gasteiger partial charge in [-0.05, 0) is 104 Å². The van der Waals surface area contributed by atoms with Crippen LogP contribution in [0.4, 0.5) is 0 Å². The van der Waals surface area contributed by atoms with Crippen molar-refractivity contribution in [2.75, 3.05) is 18.5 Å². The summed E-state index contributed by atoms with van der Waals surface area (Å²) in [6, 6.07) is 75.6. The predicted octanol–water partition coefficient (Wildman–Crippen LogP) is 5.85. The largest absolute Gasteiger partial charge is 1.00 e. The maximum atomic E-state index is 10.6. The zero-order chi connectivity index (χ0) is 36.8. The van der Waals surface area contributed by atoms with Gasteiger partial charge in [0.1, 0.15) is 0 Å². The Kier molecular flexibility index (Phi) is 16.3. The summed E-state index contributed by atoms with van der Waals surface area (Å²) in [4.78, 5) is 0.822. The fourth-order valence-electron chi connectivity index (χ4n) is 7.12. The summed E-state index contributed by atoms with van der Waals surface area (Å²) in [6.07, 6.45) is 3.97. The van der Waals surface area contributed by atoms with Crippen molar-refractivity contribution in [3.05, 3.63) is 212 Å². The smallest absolute Gasteiger partial charge is 0.691 e. The summed E-state index contributed by atoms with van der Waals surface area (Å²) in [5.74, 6) is 0. The Balaban J connectivity index is 0.00000514. The monoisotopic (exact) mass is 802 g/mol. The summed E-state index contributed by atoms with van der Waals surface area (Å²) in [6.45, 7) is 0. The Bertz CT molecular complexity index is 1790. The maximum Gasteiger partial charge on any atom is 1.00 e. The molecule has 0 aliphatic rings. The second-order valence-electron chi connectivity index (χ2n) is 13.3. The molecule has 0 atom stereocenters. The average molecular weight is 803 g/mol. The average Bonchev–Trinajstić information content (AvgIpc) is 3.25. The van der Waals surface area contributed by atoms with E-state index in [1.54, 1.807) is 0 Å². The number of benzene rings is 7. The topological polar surface area (TPSA) is 41.5 Å². The summed E-state index contributed by atoms with van der Waals surface area (Å²) >= 11 is 0.938. The van der Waals surface area contributed by atoms with Crippen LogP contribution in [0.15, 0.2) is 211 Å². The third-order valence-corrected chi connectivity index (χ3v) is 18.6. The van der Waals surface area contributed by atoms with Crippen molar-refractivity contribution >= 4 is 67.6 Å². The number of rotatable bonds is 17. The van der Waals surface area contributed by atoms with Crippen LogP contribution in [-0.2, 0) is 15.8 Å². The molecule has 0 radical (unpaired) electrons. The van der Waals surface area contributed by atoms with Gasteiger partial charge in [0.2, 0.25) is 0 Å². The van der Waals surface area contributed by atoms with Gasteiger partial charge in [0.05, 0.1) is 12.0 Å². The minimum absolute atomic E-state index is 0. The zero-order valence-electron chi connectivity index (χ0n) is 30.9. The summed E-state index contributed by atoms with van der Waals surface area (Å²) < 4.78 is 4.68. The standard InChI is InChI=1S/C47H43O3P3S.Na/c48-49-50-54-46-33-31-39(32-34-46)35-47(36-51(40-19-7-1-8-20-40)41-21-9-2-10-22-41,37-52(42-23-11-3-12-24-42)43-25-13-4-14-26-43)38-53(44-27-15-5-16-28-44)45-29-17-6-18-30-45;/h1-34,48H,35-38H2;/q;+1/p-1. The van der Waals surface area contributed by atoms with Gasteiger partial charge in [-0.15, -0.1) is 0 Å². The van der Waals surface area contributed by atoms with E-state index in [2.05, 4.69) is 203 Å². The first-order valence-corrected chi connectivity index (χ1v) is 23.4. The van der Waals surface area contributed by atoms with Crippen LogP contribution in [0.3, 0.4) is 0 Å². The van der Waals surface area contributed by atoms with Crippen molar-refractivity contribution in [2.24, 2.45) is 5.41 Å². The molecule has 0 spiro atoms. The summed E-state index contributed by atoms with van der Waals surface area (Å²) in [5, 5.41) is 22.7. The third-order valence-electron chi connectivity index (χ3n) is 9.55. The molecule has 7 aromatic rings. The van der Waals surface area contributed by atoms with E-state index in [1.165, 1.54) is 37.4 Å². The van der Waals surface area contributed by atoms with Crippen LogP contribution in [0.25, 0.3) is 0 Å². The molecule has 0 aliphatic carbocycles. The fourth-order valence-corrected chi connectivity index (χ4v) is 16.2. The SMILES string of the molecule is [Na+].[O-]OOSc1ccc(CC(CP(c2ccccc2)c2ccccc2)(CP(c2ccccc2)c2ccccc2)CP(c2ccccc2)c2ccccc2)cc1. The quantitative estimate of drug-likeness (QED) is 0.0382. The second-order valence-corrected chi connectivity index (χ2v) is 20.7. The first-order chi connectivity index (χ1) is 26.7. The second kappa shape index (κ2) is 21.5. The van der Waals surface area contributed by atoms with E-state index in [9.17, 15) is 5.26 Å². The van der Waals surface area contributed by atoms with Gasteiger partial charge in [-0.1, -0.05) is 194 Å². The van der Waals surface area contributed by atoms with Gasteiger partial charge in [0, 0.05) is 4.90 Å². The molecule has 0 N–H and O–H groups in total. The number of hydrogen-bond donors (Lipinski definition) is 0. The van der Waals surface area contributed by atoms with Gasteiger partial charge in [-0.2, -0.15) is 4.33 Å². The van der Waals surface area contributed by atoms with Gasteiger partial charge in [-0.3, -0.25) is 5.04 Å². The maximum absolute atomic E-state index is 10.6. The molecular formula is C47H42NaO3P3S. The molecule has 8 heteroatoms. The Morgan fingerprint density at radius 2 is 0.673 bits per heavy atom. The Labute approximate surface area is 356 Å². The van der Waals surface area contributed by atoms with Crippen LogP contribution in [0.5, 0.6) is 0 Å². The molecule has 0 aromatic heterocycles. The third kappa shape index (κ3) is 11.6. The van der Waals surface area contributed by atoms with E-state index in [-0.39, 0.29) is 35.0 Å². The first kappa shape index (κ1) is 41.7. The van der Waals surface area contributed by atoms with Crippen molar-refractivity contribution in [1.29, 1.82) is 0 Å². The molecule has 7 rings (SSSR count). The van der Waals surface area contributed by atoms with Crippen molar-refractivity contribution < 1.29 is 44.2 Å². The molecule has 0 amide bonds. The van der Waals surface area contributed by atoms with Gasteiger partial charge in [-0.25, -0.2) is 0 Å². The molecule has 0 bridgehead atoms. The van der Waals surface area contributed by atoms with E-state index in [1.807, 2.05) is 12.1 Å². The van der Waals surface area contributed by atoms with Crippen molar-refractivity contribution in [3.8, 4) is 0 Å². The van der Waals surface area contributed by atoms with Gasteiger partial charge >= 0.3 is 29.6 Å². The molecule has 0 aliphatic heterocycles.